The maximum Gasteiger partial charge on any atom is 0.190 e. The molecule has 0 saturated heterocycles. The van der Waals surface area contributed by atoms with Gasteiger partial charge in [-0.1, -0.05) is 31.9 Å². The Kier molecular flexibility index (Phi) is 6.97. The van der Waals surface area contributed by atoms with Crippen LogP contribution in [0.4, 0.5) is 17.6 Å². The highest BCUT2D eigenvalue weighted by Gasteiger charge is 2.23. The molecule has 1 saturated carbocycles. The zero-order valence-electron chi connectivity index (χ0n) is 16.1. The zero-order valence-corrected chi connectivity index (χ0v) is 16.1. The maximum absolute atomic E-state index is 14.7. The molecule has 2 aromatic carbocycles. The number of halogens is 4. The Labute approximate surface area is 163 Å². The zero-order chi connectivity index (χ0) is 20.1. The van der Waals surface area contributed by atoms with E-state index in [1.165, 1.54) is 31.7 Å². The van der Waals surface area contributed by atoms with E-state index in [1.54, 1.807) is 6.07 Å². The van der Waals surface area contributed by atoms with Crippen LogP contribution in [0.2, 0.25) is 0 Å². The minimum Gasteiger partial charge on any atom is -0.485 e. The van der Waals surface area contributed by atoms with Crippen molar-refractivity contribution >= 4 is 0 Å². The van der Waals surface area contributed by atoms with Crippen molar-refractivity contribution in [1.29, 1.82) is 0 Å². The first-order valence-corrected chi connectivity index (χ1v) is 10.0. The molecule has 1 aliphatic rings. The van der Waals surface area contributed by atoms with Crippen molar-refractivity contribution in [3.63, 3.8) is 0 Å². The summed E-state index contributed by atoms with van der Waals surface area (Å²) in [7, 11) is 0. The van der Waals surface area contributed by atoms with Gasteiger partial charge in [-0.15, -0.1) is 0 Å². The molecule has 1 aliphatic carbocycles. The fraction of sp³-hybridized carbons (Fsp3) is 0.478. The van der Waals surface area contributed by atoms with Gasteiger partial charge in [0.25, 0.3) is 0 Å². The Hall–Kier alpha value is -2.04. The molecule has 0 heterocycles. The molecule has 0 unspecified atom stereocenters. The van der Waals surface area contributed by atoms with Crippen LogP contribution >= 0.6 is 0 Å². The fourth-order valence-corrected chi connectivity index (χ4v) is 4.21. The van der Waals surface area contributed by atoms with Crippen LogP contribution in [0, 0.1) is 23.4 Å². The molecule has 0 aromatic heterocycles. The Morgan fingerprint density at radius 2 is 1.61 bits per heavy atom. The SMILES string of the molecule is CCCC1CCC(c2ccc(-c3cc(F)c(OCCF)c(F)c3)c(F)c2)CC1. The van der Waals surface area contributed by atoms with Gasteiger partial charge in [0.15, 0.2) is 17.4 Å². The van der Waals surface area contributed by atoms with Crippen molar-refractivity contribution in [2.24, 2.45) is 5.92 Å². The summed E-state index contributed by atoms with van der Waals surface area (Å²) >= 11 is 0. The first-order chi connectivity index (χ1) is 13.5. The number of rotatable bonds is 7. The van der Waals surface area contributed by atoms with Gasteiger partial charge in [-0.2, -0.15) is 0 Å². The van der Waals surface area contributed by atoms with Gasteiger partial charge >= 0.3 is 0 Å². The van der Waals surface area contributed by atoms with Gasteiger partial charge in [0.05, 0.1) is 0 Å². The number of benzene rings is 2. The monoisotopic (exact) mass is 394 g/mol. The average molecular weight is 394 g/mol. The molecule has 5 heteroatoms. The second-order valence-corrected chi connectivity index (χ2v) is 7.55. The van der Waals surface area contributed by atoms with E-state index in [9.17, 15) is 17.6 Å². The van der Waals surface area contributed by atoms with Crippen molar-refractivity contribution in [3.8, 4) is 16.9 Å². The number of hydrogen-bond donors (Lipinski definition) is 0. The summed E-state index contributed by atoms with van der Waals surface area (Å²) in [6.07, 6.45) is 6.88. The van der Waals surface area contributed by atoms with Crippen LogP contribution < -0.4 is 4.74 Å². The third-order valence-electron chi connectivity index (χ3n) is 5.64. The third kappa shape index (κ3) is 4.68. The van der Waals surface area contributed by atoms with Gasteiger partial charge in [-0.3, -0.25) is 0 Å². The maximum atomic E-state index is 14.7. The number of hydrogen-bond acceptors (Lipinski definition) is 1. The summed E-state index contributed by atoms with van der Waals surface area (Å²) in [5.74, 6) is -1.97. The predicted molar refractivity (Wildman–Crippen MR) is 103 cm³/mol. The molecule has 1 fully saturated rings. The lowest BCUT2D eigenvalue weighted by Crippen LogP contribution is -2.13. The molecule has 152 valence electrons. The number of ether oxygens (including phenoxy) is 1. The van der Waals surface area contributed by atoms with Gasteiger partial charge in [0.2, 0.25) is 0 Å². The van der Waals surface area contributed by atoms with Crippen molar-refractivity contribution in [1.82, 2.24) is 0 Å². The normalized spacial score (nSPS) is 19.6. The average Bonchev–Trinajstić information content (AvgIpc) is 2.68. The molecule has 0 radical (unpaired) electrons. The molecule has 0 bridgehead atoms. The summed E-state index contributed by atoms with van der Waals surface area (Å²) < 4.78 is 59.9. The van der Waals surface area contributed by atoms with Crippen molar-refractivity contribution in [2.45, 2.75) is 51.4 Å². The second-order valence-electron chi connectivity index (χ2n) is 7.55. The van der Waals surface area contributed by atoms with E-state index in [0.717, 1.165) is 36.5 Å². The van der Waals surface area contributed by atoms with Crippen molar-refractivity contribution < 1.29 is 22.3 Å². The molecule has 3 rings (SSSR count). The van der Waals surface area contributed by atoms with E-state index in [-0.39, 0.29) is 11.1 Å². The van der Waals surface area contributed by atoms with E-state index in [4.69, 9.17) is 4.74 Å². The summed E-state index contributed by atoms with van der Waals surface area (Å²) in [6, 6.07) is 6.96. The largest absolute Gasteiger partial charge is 0.485 e. The summed E-state index contributed by atoms with van der Waals surface area (Å²) in [5.41, 5.74) is 1.18. The topological polar surface area (TPSA) is 9.23 Å². The highest BCUT2D eigenvalue weighted by atomic mass is 19.1. The number of alkyl halides is 1. The van der Waals surface area contributed by atoms with Crippen LogP contribution in [0.3, 0.4) is 0 Å². The van der Waals surface area contributed by atoms with Gasteiger partial charge < -0.3 is 4.74 Å². The molecule has 0 aliphatic heterocycles. The van der Waals surface area contributed by atoms with Crippen molar-refractivity contribution in [2.75, 3.05) is 13.3 Å². The molecule has 1 nitrogen and oxygen atoms in total. The van der Waals surface area contributed by atoms with E-state index in [1.807, 2.05) is 6.07 Å². The van der Waals surface area contributed by atoms with Crippen LogP contribution in [0.5, 0.6) is 5.75 Å². The second kappa shape index (κ2) is 9.44. The van der Waals surface area contributed by atoms with E-state index < -0.39 is 36.5 Å². The summed E-state index contributed by atoms with van der Waals surface area (Å²) in [4.78, 5) is 0. The van der Waals surface area contributed by atoms with Gasteiger partial charge in [0.1, 0.15) is 19.1 Å². The van der Waals surface area contributed by atoms with Gasteiger partial charge in [-0.05, 0) is 66.8 Å². The first kappa shape index (κ1) is 20.7. The molecular formula is C23H26F4O. The Morgan fingerprint density at radius 1 is 0.929 bits per heavy atom. The molecule has 28 heavy (non-hydrogen) atoms. The quantitative estimate of drug-likeness (QED) is 0.452. The minimum atomic E-state index is -0.971. The van der Waals surface area contributed by atoms with Crippen LogP contribution in [0.15, 0.2) is 30.3 Å². The lowest BCUT2D eigenvalue weighted by Gasteiger charge is -2.28. The Bertz CT molecular complexity index is 774. The Balaban J connectivity index is 1.78. The lowest BCUT2D eigenvalue weighted by atomic mass is 9.77. The predicted octanol–water partition coefficient (Wildman–Crippen LogP) is 7.19. The van der Waals surface area contributed by atoms with Crippen LogP contribution in [0.1, 0.15) is 56.9 Å². The molecule has 2 aromatic rings. The molecule has 0 spiro atoms. The smallest absolute Gasteiger partial charge is 0.190 e. The van der Waals surface area contributed by atoms with Gasteiger partial charge in [0, 0.05) is 5.56 Å². The highest BCUT2D eigenvalue weighted by molar-refractivity contribution is 5.66. The van der Waals surface area contributed by atoms with Crippen LogP contribution in [0.25, 0.3) is 11.1 Å². The highest BCUT2D eigenvalue weighted by Crippen LogP contribution is 2.39. The first-order valence-electron chi connectivity index (χ1n) is 10.0. The summed E-state index contributed by atoms with van der Waals surface area (Å²) in [5, 5.41) is 0. The minimum absolute atomic E-state index is 0.0957. The van der Waals surface area contributed by atoms with E-state index in [2.05, 4.69) is 6.92 Å². The van der Waals surface area contributed by atoms with Crippen molar-refractivity contribution in [3.05, 3.63) is 53.3 Å². The summed E-state index contributed by atoms with van der Waals surface area (Å²) in [6.45, 7) is 0.916. The van der Waals surface area contributed by atoms with Crippen LogP contribution in [-0.4, -0.2) is 13.3 Å². The van der Waals surface area contributed by atoms with Crippen LogP contribution in [-0.2, 0) is 0 Å². The molecular weight excluding hydrogens is 368 g/mol. The molecule has 0 N–H and O–H groups in total. The van der Waals surface area contributed by atoms with E-state index >= 15 is 0 Å². The third-order valence-corrected chi connectivity index (χ3v) is 5.64. The standard InChI is InChI=1S/C23H26F4O/c1-2-3-15-4-6-16(7-5-15)17-8-9-19(20(25)12-17)18-13-21(26)23(22(27)14-18)28-11-10-24/h8-9,12-16H,2-7,10-11H2,1H3. The fourth-order valence-electron chi connectivity index (χ4n) is 4.21. The van der Waals surface area contributed by atoms with Gasteiger partial charge in [-0.25, -0.2) is 17.6 Å². The molecule has 0 amide bonds. The molecule has 0 atom stereocenters. The lowest BCUT2D eigenvalue weighted by molar-refractivity contribution is 0.251. The van der Waals surface area contributed by atoms with E-state index in [0.29, 0.717) is 5.92 Å². The Morgan fingerprint density at radius 3 is 2.18 bits per heavy atom.